The van der Waals surface area contributed by atoms with Gasteiger partial charge >= 0.3 is 5.97 Å². The number of para-hydroxylation sites is 1. The third-order valence-corrected chi connectivity index (χ3v) is 6.38. The summed E-state index contributed by atoms with van der Waals surface area (Å²) in [5.74, 6) is -1.14. The van der Waals surface area contributed by atoms with Crippen molar-refractivity contribution in [1.29, 1.82) is 0 Å². The highest BCUT2D eigenvalue weighted by molar-refractivity contribution is 6.23. The standard InChI is InChI=1S/C21H23NO3/c1-20-16(11-21(13-24-20)9-5-6-10-21)18(19(23)25-20)15-12-22(2)17-8-4-3-7-14(15)17/h3-4,7-8,12H,5-6,9-11,13H2,1-2H3. The van der Waals surface area contributed by atoms with Gasteiger partial charge in [-0.15, -0.1) is 0 Å². The molecule has 5 rings (SSSR count). The molecule has 0 radical (unpaired) electrons. The molecule has 4 heteroatoms. The average molecular weight is 337 g/mol. The second-order valence-corrected chi connectivity index (χ2v) is 8.03. The Kier molecular flexibility index (Phi) is 3.03. The Morgan fingerprint density at radius 2 is 1.92 bits per heavy atom. The van der Waals surface area contributed by atoms with Crippen LogP contribution in [0.1, 0.15) is 44.6 Å². The number of aromatic nitrogens is 1. The van der Waals surface area contributed by atoms with E-state index >= 15 is 0 Å². The largest absolute Gasteiger partial charge is 0.426 e. The van der Waals surface area contributed by atoms with Crippen molar-refractivity contribution in [3.8, 4) is 0 Å². The van der Waals surface area contributed by atoms with Gasteiger partial charge in [-0.05, 0) is 30.7 Å². The molecule has 1 aliphatic carbocycles. The van der Waals surface area contributed by atoms with E-state index in [2.05, 4.69) is 22.9 Å². The molecule has 1 saturated carbocycles. The highest BCUT2D eigenvalue weighted by Gasteiger charge is 2.54. The van der Waals surface area contributed by atoms with Crippen LogP contribution in [-0.4, -0.2) is 22.9 Å². The molecule has 1 saturated heterocycles. The number of fused-ring (bicyclic) bond motifs is 2. The molecule has 1 aromatic heterocycles. The molecule has 1 unspecified atom stereocenters. The molecule has 1 spiro atoms. The molecule has 0 amide bonds. The van der Waals surface area contributed by atoms with E-state index in [0.717, 1.165) is 34.0 Å². The molecule has 25 heavy (non-hydrogen) atoms. The van der Waals surface area contributed by atoms with Crippen LogP contribution in [0.5, 0.6) is 0 Å². The third-order valence-electron chi connectivity index (χ3n) is 6.38. The Bertz CT molecular complexity index is 916. The molecule has 0 bridgehead atoms. The van der Waals surface area contributed by atoms with Gasteiger partial charge in [0.1, 0.15) is 0 Å². The molecule has 2 aromatic rings. The quantitative estimate of drug-likeness (QED) is 0.733. The van der Waals surface area contributed by atoms with Gasteiger partial charge in [-0.3, -0.25) is 0 Å². The van der Waals surface area contributed by atoms with Crippen LogP contribution in [0.15, 0.2) is 36.0 Å². The predicted octanol–water partition coefficient (Wildman–Crippen LogP) is 4.19. The molecule has 3 aliphatic rings. The van der Waals surface area contributed by atoms with Crippen LogP contribution in [0.3, 0.4) is 0 Å². The number of hydrogen-bond donors (Lipinski definition) is 0. The SMILES string of the molecule is Cn1cc(C2=C3CC4(CCCC4)COC3(C)OC2=O)c2ccccc21. The van der Waals surface area contributed by atoms with E-state index in [0.29, 0.717) is 6.61 Å². The maximum absolute atomic E-state index is 12.8. The maximum Gasteiger partial charge on any atom is 0.341 e. The number of hydrogen-bond acceptors (Lipinski definition) is 3. The fraction of sp³-hybridized carbons (Fsp3) is 0.476. The minimum Gasteiger partial charge on any atom is -0.426 e. The first kappa shape index (κ1) is 15.2. The number of benzene rings is 1. The van der Waals surface area contributed by atoms with Crippen LogP contribution >= 0.6 is 0 Å². The van der Waals surface area contributed by atoms with E-state index in [1.165, 1.54) is 25.7 Å². The van der Waals surface area contributed by atoms with Crippen LogP contribution in [0, 0.1) is 5.41 Å². The summed E-state index contributed by atoms with van der Waals surface area (Å²) in [7, 11) is 2.02. The van der Waals surface area contributed by atoms with E-state index in [-0.39, 0.29) is 11.4 Å². The number of ether oxygens (including phenoxy) is 2. The number of nitrogens with zero attached hydrogens (tertiary/aromatic N) is 1. The number of rotatable bonds is 1. The van der Waals surface area contributed by atoms with Crippen molar-refractivity contribution in [3.05, 3.63) is 41.6 Å². The van der Waals surface area contributed by atoms with E-state index in [1.807, 2.05) is 26.1 Å². The number of carbonyl (C=O) groups is 1. The Morgan fingerprint density at radius 1 is 1.16 bits per heavy atom. The van der Waals surface area contributed by atoms with Crippen molar-refractivity contribution in [2.75, 3.05) is 6.61 Å². The Balaban J connectivity index is 1.72. The molecule has 1 aromatic carbocycles. The van der Waals surface area contributed by atoms with Crippen LogP contribution in [0.4, 0.5) is 0 Å². The summed E-state index contributed by atoms with van der Waals surface area (Å²) >= 11 is 0. The van der Waals surface area contributed by atoms with E-state index in [1.54, 1.807) is 0 Å². The van der Waals surface area contributed by atoms with Crippen LogP contribution in [0.25, 0.3) is 16.5 Å². The Hall–Kier alpha value is -2.07. The van der Waals surface area contributed by atoms with E-state index in [9.17, 15) is 4.79 Å². The monoisotopic (exact) mass is 337 g/mol. The number of carbonyl (C=O) groups excluding carboxylic acids is 1. The minimum atomic E-state index is -0.892. The van der Waals surface area contributed by atoms with Gasteiger partial charge in [0.2, 0.25) is 5.79 Å². The molecule has 1 atom stereocenters. The molecule has 4 nitrogen and oxygen atoms in total. The zero-order valence-corrected chi connectivity index (χ0v) is 14.8. The van der Waals surface area contributed by atoms with Gasteiger partial charge in [0.05, 0.1) is 12.2 Å². The zero-order chi connectivity index (χ0) is 17.2. The lowest BCUT2D eigenvalue weighted by Gasteiger charge is -2.41. The zero-order valence-electron chi connectivity index (χ0n) is 14.8. The lowest BCUT2D eigenvalue weighted by Crippen LogP contribution is -2.43. The first-order chi connectivity index (χ1) is 12.0. The second kappa shape index (κ2) is 4.98. The van der Waals surface area contributed by atoms with Crippen molar-refractivity contribution < 1.29 is 14.3 Å². The average Bonchev–Trinajstić information content (AvgIpc) is 3.25. The molecular formula is C21H23NO3. The molecular weight excluding hydrogens is 314 g/mol. The molecule has 0 N–H and O–H groups in total. The van der Waals surface area contributed by atoms with Gasteiger partial charge in [0.25, 0.3) is 0 Å². The van der Waals surface area contributed by atoms with Crippen LogP contribution in [0.2, 0.25) is 0 Å². The summed E-state index contributed by atoms with van der Waals surface area (Å²) in [4.78, 5) is 12.8. The molecule has 3 heterocycles. The van der Waals surface area contributed by atoms with Crippen molar-refractivity contribution >= 4 is 22.4 Å². The van der Waals surface area contributed by atoms with Gasteiger partial charge in [0, 0.05) is 42.2 Å². The van der Waals surface area contributed by atoms with Gasteiger partial charge in [-0.25, -0.2) is 4.79 Å². The summed E-state index contributed by atoms with van der Waals surface area (Å²) in [5, 5.41) is 1.10. The normalized spacial score (nSPS) is 28.0. The fourth-order valence-electron chi connectivity index (χ4n) is 4.98. The predicted molar refractivity (Wildman–Crippen MR) is 95.8 cm³/mol. The lowest BCUT2D eigenvalue weighted by molar-refractivity contribution is -0.218. The van der Waals surface area contributed by atoms with Crippen LogP contribution < -0.4 is 0 Å². The van der Waals surface area contributed by atoms with Crippen molar-refractivity contribution in [2.24, 2.45) is 12.5 Å². The molecule has 2 fully saturated rings. The van der Waals surface area contributed by atoms with E-state index in [4.69, 9.17) is 9.47 Å². The van der Waals surface area contributed by atoms with Crippen molar-refractivity contribution in [1.82, 2.24) is 4.57 Å². The summed E-state index contributed by atoms with van der Waals surface area (Å²) in [6.45, 7) is 2.60. The summed E-state index contributed by atoms with van der Waals surface area (Å²) in [6.07, 6.45) is 7.84. The van der Waals surface area contributed by atoms with Gasteiger partial charge < -0.3 is 14.0 Å². The summed E-state index contributed by atoms with van der Waals surface area (Å²) in [6, 6.07) is 8.21. The minimum absolute atomic E-state index is 0.193. The maximum atomic E-state index is 12.8. The smallest absolute Gasteiger partial charge is 0.341 e. The van der Waals surface area contributed by atoms with Crippen LogP contribution in [-0.2, 0) is 21.3 Å². The first-order valence-corrected chi connectivity index (χ1v) is 9.17. The lowest BCUT2D eigenvalue weighted by atomic mass is 9.75. The fourth-order valence-corrected chi connectivity index (χ4v) is 4.98. The van der Waals surface area contributed by atoms with Crippen molar-refractivity contribution in [3.63, 3.8) is 0 Å². The summed E-state index contributed by atoms with van der Waals surface area (Å²) in [5.41, 5.74) is 4.06. The number of aryl methyl sites for hydroxylation is 1. The topological polar surface area (TPSA) is 40.5 Å². The summed E-state index contributed by atoms with van der Waals surface area (Å²) < 4.78 is 14.0. The molecule has 2 aliphatic heterocycles. The molecule has 130 valence electrons. The van der Waals surface area contributed by atoms with Gasteiger partial charge in [-0.2, -0.15) is 0 Å². The van der Waals surface area contributed by atoms with E-state index < -0.39 is 5.79 Å². The number of esters is 1. The highest BCUT2D eigenvalue weighted by Crippen LogP contribution is 2.54. The highest BCUT2D eigenvalue weighted by atomic mass is 16.7. The Labute approximate surface area is 147 Å². The van der Waals surface area contributed by atoms with Gasteiger partial charge in [-0.1, -0.05) is 31.0 Å². The van der Waals surface area contributed by atoms with Crippen molar-refractivity contribution in [2.45, 2.75) is 44.8 Å². The third kappa shape index (κ3) is 2.07. The Morgan fingerprint density at radius 3 is 2.72 bits per heavy atom. The second-order valence-electron chi connectivity index (χ2n) is 8.03. The van der Waals surface area contributed by atoms with Gasteiger partial charge in [0.15, 0.2) is 0 Å². The first-order valence-electron chi connectivity index (χ1n) is 9.17.